The van der Waals surface area contributed by atoms with Gasteiger partial charge in [0.15, 0.2) is 0 Å². The molecule has 50 valence electrons. The summed E-state index contributed by atoms with van der Waals surface area (Å²) >= 11 is 0. The lowest BCUT2D eigenvalue weighted by Crippen LogP contribution is -2.20. The fraction of sp³-hybridized carbons (Fsp3) is 1.00. The van der Waals surface area contributed by atoms with Crippen molar-refractivity contribution in [2.75, 3.05) is 19.9 Å². The lowest BCUT2D eigenvalue weighted by atomic mass is 11.0. The van der Waals surface area contributed by atoms with Crippen molar-refractivity contribution in [3.8, 4) is 0 Å². The monoisotopic (exact) mass is 137 g/mol. The van der Waals surface area contributed by atoms with Gasteiger partial charge in [-0.1, -0.05) is 6.92 Å². The van der Waals surface area contributed by atoms with E-state index in [0.717, 1.165) is 0 Å². The minimum absolute atomic E-state index is 0.602. The van der Waals surface area contributed by atoms with E-state index in [0.29, 0.717) is 5.75 Å². The van der Waals surface area contributed by atoms with Crippen LogP contribution in [0.5, 0.6) is 0 Å². The fourth-order valence-electron chi connectivity index (χ4n) is 0.265. The lowest BCUT2D eigenvalue weighted by Gasteiger charge is -2.09. The zero-order valence-corrected chi connectivity index (χ0v) is 6.20. The van der Waals surface area contributed by atoms with Crippen LogP contribution < -0.4 is 0 Å². The summed E-state index contributed by atoms with van der Waals surface area (Å²) < 4.78 is 12.0. The van der Waals surface area contributed by atoms with Crippen LogP contribution in [0.15, 0.2) is 0 Å². The Balaban J connectivity index is 3.46. The average Bonchev–Trinajstić information content (AvgIpc) is 1.84. The summed E-state index contributed by atoms with van der Waals surface area (Å²) in [4.78, 5) is 4.64. The topological polar surface area (TPSA) is 29.5 Å². The second-order valence-corrected chi connectivity index (χ2v) is 2.97. The van der Waals surface area contributed by atoms with Gasteiger partial charge in [0.1, 0.15) is 11.0 Å². The Hall–Kier alpha value is 0.0700. The predicted octanol–water partition coefficient (Wildman–Crippen LogP) is 0.163. The predicted molar refractivity (Wildman–Crippen MR) is 33.5 cm³/mol. The highest BCUT2D eigenvalue weighted by molar-refractivity contribution is 7.82. The van der Waals surface area contributed by atoms with Gasteiger partial charge < -0.3 is 0 Å². The number of hydrogen-bond acceptors (Lipinski definition) is 2. The molecule has 0 aromatic rings. The fourth-order valence-corrected chi connectivity index (χ4v) is 0.795. The van der Waals surface area contributed by atoms with Crippen LogP contribution in [0, 0.1) is 0 Å². The van der Waals surface area contributed by atoms with Gasteiger partial charge in [-0.05, 0) is 0 Å². The van der Waals surface area contributed by atoms with Crippen LogP contribution in [0.3, 0.4) is 0 Å². The minimum Gasteiger partial charge on any atom is -0.290 e. The van der Waals surface area contributed by atoms with Gasteiger partial charge in [0.2, 0.25) is 0 Å². The van der Waals surface area contributed by atoms with Crippen molar-refractivity contribution in [3.05, 3.63) is 0 Å². The molecule has 0 N–H and O–H groups in total. The molecule has 0 bridgehead atoms. The van der Waals surface area contributed by atoms with Gasteiger partial charge in [0, 0.05) is 12.8 Å². The van der Waals surface area contributed by atoms with Gasteiger partial charge in [-0.25, -0.2) is 4.21 Å². The second kappa shape index (κ2) is 4.00. The molecule has 8 heavy (non-hydrogen) atoms. The molecular weight excluding hydrogens is 126 g/mol. The van der Waals surface area contributed by atoms with E-state index < -0.39 is 11.0 Å². The highest BCUT2D eigenvalue weighted by Gasteiger charge is 2.00. The van der Waals surface area contributed by atoms with Crippen LogP contribution in [-0.4, -0.2) is 28.6 Å². The first-order valence-corrected chi connectivity index (χ1v) is 3.66. The number of hydrogen-bond donors (Lipinski definition) is 0. The molecular formula is C4H11NO2S. The number of nitrogens with zero attached hydrogens (tertiary/aromatic N) is 1. The number of rotatable bonds is 3. The molecule has 0 heterocycles. The summed E-state index contributed by atoms with van der Waals surface area (Å²) in [6.07, 6.45) is 0. The zero-order chi connectivity index (χ0) is 6.57. The molecule has 4 heteroatoms. The van der Waals surface area contributed by atoms with Crippen molar-refractivity contribution < 1.29 is 9.05 Å². The van der Waals surface area contributed by atoms with Gasteiger partial charge in [-0.2, -0.15) is 0 Å². The van der Waals surface area contributed by atoms with Crippen molar-refractivity contribution >= 4 is 11.0 Å². The largest absolute Gasteiger partial charge is 0.290 e. The maximum atomic E-state index is 10.7. The maximum absolute atomic E-state index is 10.7. The summed E-state index contributed by atoms with van der Waals surface area (Å²) in [6.45, 7) is 1.84. The van der Waals surface area contributed by atoms with Crippen molar-refractivity contribution in [2.45, 2.75) is 6.92 Å². The summed E-state index contributed by atoms with van der Waals surface area (Å²) in [6, 6.07) is 0. The van der Waals surface area contributed by atoms with Crippen molar-refractivity contribution in [2.24, 2.45) is 0 Å². The van der Waals surface area contributed by atoms with E-state index in [-0.39, 0.29) is 0 Å². The third-order valence-electron chi connectivity index (χ3n) is 0.791. The van der Waals surface area contributed by atoms with E-state index in [9.17, 15) is 4.21 Å². The van der Waals surface area contributed by atoms with Crippen LogP contribution in [0.25, 0.3) is 0 Å². The Morgan fingerprint density at radius 1 is 1.75 bits per heavy atom. The third-order valence-corrected chi connectivity index (χ3v) is 2.01. The SMILES string of the molecule is CCS(=O)N(C)OC. The molecule has 0 aliphatic heterocycles. The van der Waals surface area contributed by atoms with Crippen LogP contribution in [0.1, 0.15) is 6.92 Å². The summed E-state index contributed by atoms with van der Waals surface area (Å²) in [7, 11) is 2.17. The Labute approximate surface area is 52.2 Å². The summed E-state index contributed by atoms with van der Waals surface area (Å²) in [5, 5.41) is 0. The molecule has 0 fully saturated rings. The Morgan fingerprint density at radius 3 is 2.38 bits per heavy atom. The first kappa shape index (κ1) is 8.07. The van der Waals surface area contributed by atoms with E-state index in [1.54, 1.807) is 7.05 Å². The summed E-state index contributed by atoms with van der Waals surface area (Å²) in [5.74, 6) is 0.602. The molecule has 1 unspecified atom stereocenters. The zero-order valence-electron chi connectivity index (χ0n) is 5.38. The molecule has 3 nitrogen and oxygen atoms in total. The maximum Gasteiger partial charge on any atom is 0.118 e. The third kappa shape index (κ3) is 2.40. The Morgan fingerprint density at radius 2 is 2.25 bits per heavy atom. The molecule has 0 aliphatic rings. The molecule has 0 aliphatic carbocycles. The van der Waals surface area contributed by atoms with Crippen LogP contribution >= 0.6 is 0 Å². The Kier molecular flexibility index (Phi) is 4.03. The normalized spacial score (nSPS) is 14.5. The molecule has 0 rings (SSSR count). The van der Waals surface area contributed by atoms with Crippen LogP contribution in [-0.2, 0) is 15.8 Å². The molecule has 0 aromatic heterocycles. The van der Waals surface area contributed by atoms with Crippen molar-refractivity contribution in [3.63, 3.8) is 0 Å². The van der Waals surface area contributed by atoms with E-state index in [4.69, 9.17) is 0 Å². The lowest BCUT2D eigenvalue weighted by molar-refractivity contribution is -0.0203. The molecule has 1 atom stereocenters. The quantitative estimate of drug-likeness (QED) is 0.519. The van der Waals surface area contributed by atoms with Gasteiger partial charge in [-0.3, -0.25) is 4.84 Å². The molecule has 0 saturated carbocycles. The van der Waals surface area contributed by atoms with E-state index in [1.807, 2.05) is 6.92 Å². The first-order valence-electron chi connectivity index (χ1n) is 2.38. The van der Waals surface area contributed by atoms with E-state index in [1.165, 1.54) is 11.6 Å². The molecule has 0 amide bonds. The van der Waals surface area contributed by atoms with E-state index in [2.05, 4.69) is 4.84 Å². The Bertz CT molecular complexity index is 86.1. The summed E-state index contributed by atoms with van der Waals surface area (Å²) in [5.41, 5.74) is 0. The second-order valence-electron chi connectivity index (χ2n) is 1.23. The highest BCUT2D eigenvalue weighted by atomic mass is 32.2. The van der Waals surface area contributed by atoms with Crippen molar-refractivity contribution in [1.82, 2.24) is 4.47 Å². The van der Waals surface area contributed by atoms with Gasteiger partial charge in [0.25, 0.3) is 0 Å². The van der Waals surface area contributed by atoms with Crippen molar-refractivity contribution in [1.29, 1.82) is 0 Å². The van der Waals surface area contributed by atoms with Crippen LogP contribution in [0.4, 0.5) is 0 Å². The minimum atomic E-state index is -0.961. The standard InChI is InChI=1S/C4H11NO2S/c1-4-8(6)5(2)7-3/h4H2,1-3H3. The average molecular weight is 137 g/mol. The first-order chi connectivity index (χ1) is 3.72. The molecule has 0 aromatic carbocycles. The van der Waals surface area contributed by atoms with E-state index >= 15 is 0 Å². The molecule has 0 saturated heterocycles. The van der Waals surface area contributed by atoms with Crippen LogP contribution in [0.2, 0.25) is 0 Å². The van der Waals surface area contributed by atoms with Gasteiger partial charge in [-0.15, -0.1) is 4.47 Å². The number of hydroxylamine groups is 1. The molecule has 0 spiro atoms. The molecule has 0 radical (unpaired) electrons. The highest BCUT2D eigenvalue weighted by Crippen LogP contribution is 1.88. The van der Waals surface area contributed by atoms with Gasteiger partial charge in [0.05, 0.1) is 7.11 Å². The van der Waals surface area contributed by atoms with Gasteiger partial charge >= 0.3 is 0 Å². The smallest absolute Gasteiger partial charge is 0.118 e.